The number of nitro groups is 1. The molecule has 1 amide bonds. The van der Waals surface area contributed by atoms with Gasteiger partial charge in [0, 0.05) is 50.6 Å². The van der Waals surface area contributed by atoms with Gasteiger partial charge >= 0.3 is 0 Å². The van der Waals surface area contributed by atoms with E-state index in [1.165, 1.54) is 16.8 Å². The van der Waals surface area contributed by atoms with Crippen LogP contribution in [0.2, 0.25) is 0 Å². The number of aromatic nitrogens is 2. The summed E-state index contributed by atoms with van der Waals surface area (Å²) in [5, 5.41) is 15.2. The minimum absolute atomic E-state index is 0.00863. The largest absolute Gasteiger partial charge is 0.335 e. The van der Waals surface area contributed by atoms with Crippen molar-refractivity contribution >= 4 is 11.6 Å². The zero-order valence-electron chi connectivity index (χ0n) is 14.3. The second-order valence-electron chi connectivity index (χ2n) is 6.34. The first kappa shape index (κ1) is 17.1. The highest BCUT2D eigenvalue weighted by Gasteiger charge is 2.24. The molecule has 8 heteroatoms. The van der Waals surface area contributed by atoms with Crippen LogP contribution in [-0.4, -0.2) is 62.6 Å². The Balaban J connectivity index is 1.72. The molecule has 0 spiro atoms. The van der Waals surface area contributed by atoms with Gasteiger partial charge in [-0.15, -0.1) is 0 Å². The van der Waals surface area contributed by atoms with Crippen molar-refractivity contribution in [1.82, 2.24) is 19.6 Å². The van der Waals surface area contributed by atoms with E-state index >= 15 is 0 Å². The SMILES string of the molecule is CC(C)N1CCN(C(=O)c2ccn(-c3cccc([N+](=O)[O-])c3)n2)CC1. The van der Waals surface area contributed by atoms with Gasteiger partial charge in [-0.2, -0.15) is 5.10 Å². The van der Waals surface area contributed by atoms with Gasteiger partial charge in [0.05, 0.1) is 10.6 Å². The zero-order chi connectivity index (χ0) is 18.0. The molecule has 1 aromatic carbocycles. The molecular formula is C17H21N5O3. The lowest BCUT2D eigenvalue weighted by Crippen LogP contribution is -2.50. The number of nitro benzene ring substituents is 1. The molecule has 132 valence electrons. The molecule has 25 heavy (non-hydrogen) atoms. The summed E-state index contributed by atoms with van der Waals surface area (Å²) in [5.41, 5.74) is 0.896. The van der Waals surface area contributed by atoms with Gasteiger partial charge in [-0.05, 0) is 26.0 Å². The van der Waals surface area contributed by atoms with Gasteiger partial charge in [0.15, 0.2) is 5.69 Å². The van der Waals surface area contributed by atoms with Crippen molar-refractivity contribution in [3.8, 4) is 5.69 Å². The average Bonchev–Trinajstić information content (AvgIpc) is 3.11. The molecule has 0 aliphatic carbocycles. The number of amides is 1. The first-order valence-corrected chi connectivity index (χ1v) is 8.29. The fourth-order valence-corrected chi connectivity index (χ4v) is 2.93. The minimum atomic E-state index is -0.451. The van der Waals surface area contributed by atoms with E-state index in [-0.39, 0.29) is 11.6 Å². The fraction of sp³-hybridized carbons (Fsp3) is 0.412. The molecule has 1 aromatic heterocycles. The van der Waals surface area contributed by atoms with E-state index in [4.69, 9.17) is 0 Å². The normalized spacial score (nSPS) is 15.6. The summed E-state index contributed by atoms with van der Waals surface area (Å²) in [5.74, 6) is -0.104. The number of rotatable bonds is 4. The van der Waals surface area contributed by atoms with Gasteiger partial charge in [-0.25, -0.2) is 4.68 Å². The molecule has 2 heterocycles. The maximum atomic E-state index is 12.6. The van der Waals surface area contributed by atoms with Crippen LogP contribution in [0.4, 0.5) is 5.69 Å². The van der Waals surface area contributed by atoms with Gasteiger partial charge in [0.25, 0.3) is 11.6 Å². The van der Waals surface area contributed by atoms with E-state index in [9.17, 15) is 14.9 Å². The average molecular weight is 343 g/mol. The summed E-state index contributed by atoms with van der Waals surface area (Å²) >= 11 is 0. The number of carbonyl (C=O) groups excluding carboxylic acids is 1. The van der Waals surface area contributed by atoms with Crippen molar-refractivity contribution in [2.24, 2.45) is 0 Å². The number of piperazine rings is 1. The summed E-state index contributed by atoms with van der Waals surface area (Å²) < 4.78 is 1.49. The predicted octanol–water partition coefficient (Wildman–Crippen LogP) is 1.95. The lowest BCUT2D eigenvalue weighted by Gasteiger charge is -2.36. The van der Waals surface area contributed by atoms with E-state index in [0.29, 0.717) is 30.5 Å². The molecule has 0 unspecified atom stereocenters. The molecule has 1 saturated heterocycles. The zero-order valence-corrected chi connectivity index (χ0v) is 14.3. The van der Waals surface area contributed by atoms with Crippen molar-refractivity contribution in [3.05, 3.63) is 52.3 Å². The van der Waals surface area contributed by atoms with Gasteiger partial charge in [-0.3, -0.25) is 19.8 Å². The fourth-order valence-electron chi connectivity index (χ4n) is 2.93. The van der Waals surface area contributed by atoms with Crippen molar-refractivity contribution in [3.63, 3.8) is 0 Å². The maximum absolute atomic E-state index is 12.6. The maximum Gasteiger partial charge on any atom is 0.274 e. The summed E-state index contributed by atoms with van der Waals surface area (Å²) in [6.07, 6.45) is 1.65. The summed E-state index contributed by atoms with van der Waals surface area (Å²) in [6.45, 7) is 7.38. The first-order chi connectivity index (χ1) is 12.0. The Kier molecular flexibility index (Phi) is 4.80. The van der Waals surface area contributed by atoms with Crippen LogP contribution < -0.4 is 0 Å². The molecule has 0 bridgehead atoms. The Morgan fingerprint density at radius 1 is 1.20 bits per heavy atom. The second kappa shape index (κ2) is 7.02. The number of nitrogens with zero attached hydrogens (tertiary/aromatic N) is 5. The Hall–Kier alpha value is -2.74. The topological polar surface area (TPSA) is 84.5 Å². The Morgan fingerprint density at radius 3 is 2.56 bits per heavy atom. The van der Waals surface area contributed by atoms with Crippen molar-refractivity contribution < 1.29 is 9.72 Å². The van der Waals surface area contributed by atoms with Gasteiger partial charge < -0.3 is 4.90 Å². The summed E-state index contributed by atoms with van der Waals surface area (Å²) in [4.78, 5) is 27.2. The summed E-state index contributed by atoms with van der Waals surface area (Å²) in [7, 11) is 0. The van der Waals surface area contributed by atoms with Crippen LogP contribution >= 0.6 is 0 Å². The number of hydrogen-bond acceptors (Lipinski definition) is 5. The minimum Gasteiger partial charge on any atom is -0.335 e. The lowest BCUT2D eigenvalue weighted by atomic mass is 10.2. The number of benzene rings is 1. The van der Waals surface area contributed by atoms with Crippen LogP contribution in [0.5, 0.6) is 0 Å². The highest BCUT2D eigenvalue weighted by atomic mass is 16.6. The van der Waals surface area contributed by atoms with Crippen LogP contribution in [0.25, 0.3) is 5.69 Å². The first-order valence-electron chi connectivity index (χ1n) is 8.29. The third kappa shape index (κ3) is 3.69. The molecule has 0 radical (unpaired) electrons. The molecular weight excluding hydrogens is 322 g/mol. The van der Waals surface area contributed by atoms with E-state index in [2.05, 4.69) is 23.8 Å². The summed E-state index contributed by atoms with van der Waals surface area (Å²) in [6, 6.07) is 8.30. The molecule has 1 aliphatic heterocycles. The number of non-ortho nitro benzene ring substituents is 1. The second-order valence-corrected chi connectivity index (χ2v) is 6.34. The van der Waals surface area contributed by atoms with Gasteiger partial charge in [-0.1, -0.05) is 6.07 Å². The third-order valence-corrected chi connectivity index (χ3v) is 4.45. The molecule has 3 rings (SSSR count). The van der Waals surface area contributed by atoms with Crippen molar-refractivity contribution in [2.75, 3.05) is 26.2 Å². The van der Waals surface area contributed by atoms with Crippen LogP contribution in [0.1, 0.15) is 24.3 Å². The molecule has 1 aliphatic rings. The number of hydrogen-bond donors (Lipinski definition) is 0. The molecule has 0 atom stereocenters. The van der Waals surface area contributed by atoms with Crippen LogP contribution in [0.15, 0.2) is 36.5 Å². The number of carbonyl (C=O) groups is 1. The monoisotopic (exact) mass is 343 g/mol. The third-order valence-electron chi connectivity index (χ3n) is 4.45. The molecule has 0 N–H and O–H groups in total. The van der Waals surface area contributed by atoms with E-state index in [1.807, 2.05) is 0 Å². The smallest absolute Gasteiger partial charge is 0.274 e. The van der Waals surface area contributed by atoms with E-state index in [0.717, 1.165) is 13.1 Å². The molecule has 0 saturated carbocycles. The molecule has 8 nitrogen and oxygen atoms in total. The van der Waals surface area contributed by atoms with Gasteiger partial charge in [0.2, 0.25) is 0 Å². The van der Waals surface area contributed by atoms with Crippen LogP contribution in [0.3, 0.4) is 0 Å². The highest BCUT2D eigenvalue weighted by Crippen LogP contribution is 2.17. The van der Waals surface area contributed by atoms with E-state index < -0.39 is 4.92 Å². The van der Waals surface area contributed by atoms with Gasteiger partial charge in [0.1, 0.15) is 0 Å². The standard InChI is InChI=1S/C17H21N5O3/c1-13(2)19-8-10-20(11-9-19)17(23)16-6-7-21(18-16)14-4-3-5-15(12-14)22(24)25/h3-7,12-13H,8-11H2,1-2H3. The molecule has 2 aromatic rings. The van der Waals surface area contributed by atoms with E-state index in [1.54, 1.807) is 29.3 Å². The lowest BCUT2D eigenvalue weighted by molar-refractivity contribution is -0.384. The Bertz CT molecular complexity index is 778. The Labute approximate surface area is 145 Å². The van der Waals surface area contributed by atoms with Crippen LogP contribution in [-0.2, 0) is 0 Å². The highest BCUT2D eigenvalue weighted by molar-refractivity contribution is 5.92. The Morgan fingerprint density at radius 2 is 1.92 bits per heavy atom. The molecule has 1 fully saturated rings. The van der Waals surface area contributed by atoms with Crippen LogP contribution in [0, 0.1) is 10.1 Å². The predicted molar refractivity (Wildman–Crippen MR) is 92.8 cm³/mol. The van der Waals surface area contributed by atoms with Crippen molar-refractivity contribution in [2.45, 2.75) is 19.9 Å². The quantitative estimate of drug-likeness (QED) is 0.626. The van der Waals surface area contributed by atoms with Crippen molar-refractivity contribution in [1.29, 1.82) is 0 Å².